The summed E-state index contributed by atoms with van der Waals surface area (Å²) in [5.41, 5.74) is 6.41. The highest BCUT2D eigenvalue weighted by Gasteiger charge is 2.21. The standard InChI is InChI=1S/C25H28N4O2/c1-16(2)19-5-9-22(10-6-19)29-17(3)15-23(18(29)4)24(30)27-20-7-11-21(12-8-20)28-14-13-26-25(28)31/h5-12,15-16H,13-14H2,1-4H3,(H,26,31)(H,27,30). The van der Waals surface area contributed by atoms with Crippen LogP contribution in [-0.4, -0.2) is 29.6 Å². The Hall–Kier alpha value is -3.54. The Kier molecular flexibility index (Phi) is 5.55. The second-order valence-corrected chi connectivity index (χ2v) is 8.25. The van der Waals surface area contributed by atoms with Crippen LogP contribution in [0.2, 0.25) is 0 Å². The fraction of sp³-hybridized carbons (Fsp3) is 0.280. The van der Waals surface area contributed by atoms with E-state index < -0.39 is 0 Å². The van der Waals surface area contributed by atoms with Crippen LogP contribution in [0.3, 0.4) is 0 Å². The van der Waals surface area contributed by atoms with Crippen molar-refractivity contribution >= 4 is 23.3 Å². The van der Waals surface area contributed by atoms with Crippen molar-refractivity contribution in [3.05, 3.63) is 77.1 Å². The van der Waals surface area contributed by atoms with Gasteiger partial charge in [0.25, 0.3) is 5.91 Å². The molecule has 1 aromatic heterocycles. The Bertz CT molecular complexity index is 1110. The molecule has 2 N–H and O–H groups in total. The summed E-state index contributed by atoms with van der Waals surface area (Å²) >= 11 is 0. The smallest absolute Gasteiger partial charge is 0.321 e. The van der Waals surface area contributed by atoms with E-state index >= 15 is 0 Å². The predicted octanol–water partition coefficient (Wildman–Crippen LogP) is 5.00. The lowest BCUT2D eigenvalue weighted by Crippen LogP contribution is -2.27. The van der Waals surface area contributed by atoms with Gasteiger partial charge in [-0.05, 0) is 67.8 Å². The first kappa shape index (κ1) is 20.7. The Morgan fingerprint density at radius 1 is 1.00 bits per heavy atom. The molecule has 6 heteroatoms. The fourth-order valence-electron chi connectivity index (χ4n) is 4.04. The van der Waals surface area contributed by atoms with Gasteiger partial charge in [-0.25, -0.2) is 4.79 Å². The number of carbonyl (C=O) groups is 2. The molecule has 4 rings (SSSR count). The van der Waals surface area contributed by atoms with Crippen LogP contribution in [0.5, 0.6) is 0 Å². The molecule has 1 aliphatic heterocycles. The molecule has 3 aromatic rings. The lowest BCUT2D eigenvalue weighted by molar-refractivity contribution is 0.102. The predicted molar refractivity (Wildman–Crippen MR) is 124 cm³/mol. The quantitative estimate of drug-likeness (QED) is 0.615. The summed E-state index contributed by atoms with van der Waals surface area (Å²) in [5.74, 6) is 0.332. The van der Waals surface area contributed by atoms with Gasteiger partial charge < -0.3 is 15.2 Å². The van der Waals surface area contributed by atoms with Crippen LogP contribution in [0.25, 0.3) is 5.69 Å². The number of carbonyl (C=O) groups excluding carboxylic acids is 2. The number of nitrogens with zero attached hydrogens (tertiary/aromatic N) is 2. The van der Waals surface area contributed by atoms with Gasteiger partial charge in [0, 0.05) is 41.5 Å². The molecule has 0 aliphatic carbocycles. The van der Waals surface area contributed by atoms with E-state index in [0.29, 0.717) is 30.3 Å². The number of urea groups is 1. The summed E-state index contributed by atoms with van der Waals surface area (Å²) in [6, 6.07) is 17.6. The molecular formula is C25H28N4O2. The highest BCUT2D eigenvalue weighted by atomic mass is 16.2. The molecule has 2 aromatic carbocycles. The summed E-state index contributed by atoms with van der Waals surface area (Å²) in [7, 11) is 0. The summed E-state index contributed by atoms with van der Waals surface area (Å²) in [6.07, 6.45) is 0. The van der Waals surface area contributed by atoms with E-state index in [2.05, 4.69) is 53.3 Å². The molecule has 1 fully saturated rings. The number of hydrogen-bond donors (Lipinski definition) is 2. The van der Waals surface area contributed by atoms with E-state index in [1.165, 1.54) is 5.56 Å². The molecule has 0 unspecified atom stereocenters. The largest absolute Gasteiger partial charge is 0.336 e. The lowest BCUT2D eigenvalue weighted by Gasteiger charge is -2.15. The number of nitrogens with one attached hydrogen (secondary N) is 2. The molecule has 2 heterocycles. The maximum absolute atomic E-state index is 13.0. The van der Waals surface area contributed by atoms with Crippen molar-refractivity contribution in [3.63, 3.8) is 0 Å². The third kappa shape index (κ3) is 4.06. The Balaban J connectivity index is 1.53. The van der Waals surface area contributed by atoms with Crippen molar-refractivity contribution in [2.24, 2.45) is 0 Å². The van der Waals surface area contributed by atoms with Crippen molar-refractivity contribution in [2.45, 2.75) is 33.6 Å². The van der Waals surface area contributed by atoms with Gasteiger partial charge in [0.05, 0.1) is 5.56 Å². The number of hydrogen-bond acceptors (Lipinski definition) is 2. The van der Waals surface area contributed by atoms with Gasteiger partial charge in [0.15, 0.2) is 0 Å². The minimum Gasteiger partial charge on any atom is -0.336 e. The van der Waals surface area contributed by atoms with Gasteiger partial charge in [-0.3, -0.25) is 9.69 Å². The van der Waals surface area contributed by atoms with Crippen LogP contribution in [0.1, 0.15) is 47.1 Å². The Morgan fingerprint density at radius 2 is 1.65 bits per heavy atom. The van der Waals surface area contributed by atoms with Crippen LogP contribution in [0.15, 0.2) is 54.6 Å². The zero-order valence-electron chi connectivity index (χ0n) is 18.4. The molecule has 3 amide bonds. The van der Waals surface area contributed by atoms with Crippen molar-refractivity contribution < 1.29 is 9.59 Å². The van der Waals surface area contributed by atoms with E-state index in [4.69, 9.17) is 0 Å². The zero-order valence-corrected chi connectivity index (χ0v) is 18.4. The van der Waals surface area contributed by atoms with Crippen LogP contribution in [-0.2, 0) is 0 Å². The highest BCUT2D eigenvalue weighted by Crippen LogP contribution is 2.25. The average Bonchev–Trinajstić information content (AvgIpc) is 3.31. The molecular weight excluding hydrogens is 388 g/mol. The lowest BCUT2D eigenvalue weighted by atomic mass is 10.0. The monoisotopic (exact) mass is 416 g/mol. The van der Waals surface area contributed by atoms with Gasteiger partial charge in [-0.2, -0.15) is 0 Å². The average molecular weight is 417 g/mol. The SMILES string of the molecule is Cc1cc(C(=O)Nc2ccc(N3CCNC3=O)cc2)c(C)n1-c1ccc(C(C)C)cc1. The summed E-state index contributed by atoms with van der Waals surface area (Å²) < 4.78 is 2.11. The first-order valence-electron chi connectivity index (χ1n) is 10.6. The van der Waals surface area contributed by atoms with Gasteiger partial charge in [0.1, 0.15) is 0 Å². The minimum absolute atomic E-state index is 0.0920. The van der Waals surface area contributed by atoms with Gasteiger partial charge in [-0.15, -0.1) is 0 Å². The summed E-state index contributed by atoms with van der Waals surface area (Å²) in [4.78, 5) is 26.5. The highest BCUT2D eigenvalue weighted by molar-refractivity contribution is 6.05. The molecule has 1 saturated heterocycles. The van der Waals surface area contributed by atoms with E-state index in [1.807, 2.05) is 44.2 Å². The number of aromatic nitrogens is 1. The molecule has 0 saturated carbocycles. The zero-order chi connectivity index (χ0) is 22.1. The number of benzene rings is 2. The van der Waals surface area contributed by atoms with Crippen LogP contribution in [0.4, 0.5) is 16.2 Å². The molecule has 31 heavy (non-hydrogen) atoms. The maximum Gasteiger partial charge on any atom is 0.321 e. The topological polar surface area (TPSA) is 66.4 Å². The van der Waals surface area contributed by atoms with Crippen molar-refractivity contribution in [1.82, 2.24) is 9.88 Å². The molecule has 160 valence electrons. The van der Waals surface area contributed by atoms with E-state index in [9.17, 15) is 9.59 Å². The van der Waals surface area contributed by atoms with Crippen molar-refractivity contribution in [2.75, 3.05) is 23.3 Å². The Morgan fingerprint density at radius 3 is 2.23 bits per heavy atom. The van der Waals surface area contributed by atoms with Crippen LogP contribution in [0, 0.1) is 13.8 Å². The molecule has 6 nitrogen and oxygen atoms in total. The molecule has 0 spiro atoms. The molecule has 0 atom stereocenters. The van der Waals surface area contributed by atoms with E-state index in [1.54, 1.807) is 4.90 Å². The number of aryl methyl sites for hydroxylation is 1. The van der Waals surface area contributed by atoms with Crippen molar-refractivity contribution in [3.8, 4) is 5.69 Å². The normalized spacial score (nSPS) is 13.6. The number of anilines is 2. The summed E-state index contributed by atoms with van der Waals surface area (Å²) in [5, 5.41) is 5.76. The minimum atomic E-state index is -0.148. The Labute approximate surface area is 182 Å². The first-order chi connectivity index (χ1) is 14.8. The molecule has 0 radical (unpaired) electrons. The van der Waals surface area contributed by atoms with Gasteiger partial charge in [0.2, 0.25) is 0 Å². The van der Waals surface area contributed by atoms with Crippen LogP contribution >= 0.6 is 0 Å². The van der Waals surface area contributed by atoms with Crippen molar-refractivity contribution in [1.29, 1.82) is 0 Å². The van der Waals surface area contributed by atoms with Gasteiger partial charge in [-0.1, -0.05) is 26.0 Å². The second kappa shape index (κ2) is 8.30. The third-order valence-corrected chi connectivity index (χ3v) is 5.79. The van der Waals surface area contributed by atoms with E-state index in [-0.39, 0.29) is 11.9 Å². The number of amides is 3. The fourth-order valence-corrected chi connectivity index (χ4v) is 4.04. The third-order valence-electron chi connectivity index (χ3n) is 5.79. The number of rotatable bonds is 5. The summed E-state index contributed by atoms with van der Waals surface area (Å²) in [6.45, 7) is 9.62. The van der Waals surface area contributed by atoms with Gasteiger partial charge >= 0.3 is 6.03 Å². The first-order valence-corrected chi connectivity index (χ1v) is 10.6. The molecule has 0 bridgehead atoms. The maximum atomic E-state index is 13.0. The second-order valence-electron chi connectivity index (χ2n) is 8.25. The van der Waals surface area contributed by atoms with E-state index in [0.717, 1.165) is 22.8 Å². The van der Waals surface area contributed by atoms with Crippen LogP contribution < -0.4 is 15.5 Å². The molecule has 1 aliphatic rings.